The number of thiazole rings is 1. The normalized spacial score (nSPS) is 10.8. The molecule has 0 unspecified atom stereocenters. The minimum Gasteiger partial charge on any atom is -0.262 e. The molecule has 1 radical (unpaired) electrons. The molecule has 0 amide bonds. The van der Waals surface area contributed by atoms with Crippen LogP contribution in [0.2, 0.25) is 0 Å². The molecule has 24 heavy (non-hydrogen) atoms. The predicted octanol–water partition coefficient (Wildman–Crippen LogP) is 3.66. The SMILES string of the molecule is Cc1nc2cc[c-]c(-c3nnnn3-c3c(C)cccc3C)c2s1.[Ir]. The van der Waals surface area contributed by atoms with Crippen LogP contribution in [-0.2, 0) is 20.1 Å². The maximum atomic E-state index is 4.54. The quantitative estimate of drug-likeness (QED) is 0.385. The number of hydrogen-bond acceptors (Lipinski definition) is 5. The van der Waals surface area contributed by atoms with E-state index in [9.17, 15) is 0 Å². The number of hydrogen-bond donors (Lipinski definition) is 0. The molecule has 2 aromatic heterocycles. The fourth-order valence-corrected chi connectivity index (χ4v) is 3.71. The Bertz CT molecular complexity index is 1000. The molecule has 123 valence electrons. The van der Waals surface area contributed by atoms with Gasteiger partial charge in [0.05, 0.1) is 10.7 Å². The average Bonchev–Trinajstić information content (AvgIpc) is 3.12. The molecule has 0 aliphatic carbocycles. The third kappa shape index (κ3) is 2.69. The van der Waals surface area contributed by atoms with Crippen molar-refractivity contribution in [1.29, 1.82) is 0 Å². The molecule has 5 nitrogen and oxygen atoms in total. The summed E-state index contributed by atoms with van der Waals surface area (Å²) < 4.78 is 2.86. The standard InChI is InChI=1S/C17H14N5S.Ir/c1-10-6-4-7-11(2)15(10)22-17(19-20-21-22)13-8-5-9-14-16(13)23-12(3)18-14;/h4-7,9H,1-3H3;/q-1;. The van der Waals surface area contributed by atoms with Gasteiger partial charge in [0.15, 0.2) is 0 Å². The number of nitrogens with zero attached hydrogens (tertiary/aromatic N) is 5. The van der Waals surface area contributed by atoms with Crippen LogP contribution in [0.3, 0.4) is 0 Å². The van der Waals surface area contributed by atoms with Crippen molar-refractivity contribution in [2.75, 3.05) is 0 Å². The van der Waals surface area contributed by atoms with Crippen molar-refractivity contribution in [2.45, 2.75) is 20.8 Å². The largest absolute Gasteiger partial charge is 0.262 e. The van der Waals surface area contributed by atoms with Crippen LogP contribution in [0.25, 0.3) is 27.3 Å². The van der Waals surface area contributed by atoms with Gasteiger partial charge < -0.3 is 0 Å². The Balaban J connectivity index is 0.00000169. The van der Waals surface area contributed by atoms with Gasteiger partial charge in [-0.15, -0.1) is 18.2 Å². The van der Waals surface area contributed by atoms with E-state index in [0.717, 1.165) is 37.6 Å². The first-order chi connectivity index (χ1) is 11.1. The van der Waals surface area contributed by atoms with E-state index in [0.29, 0.717) is 5.82 Å². The van der Waals surface area contributed by atoms with Crippen LogP contribution in [0.1, 0.15) is 16.1 Å². The van der Waals surface area contributed by atoms with E-state index >= 15 is 0 Å². The van der Waals surface area contributed by atoms with Crippen LogP contribution in [0.4, 0.5) is 0 Å². The zero-order chi connectivity index (χ0) is 16.0. The van der Waals surface area contributed by atoms with Gasteiger partial charge in [-0.1, -0.05) is 23.8 Å². The minimum absolute atomic E-state index is 0. The van der Waals surface area contributed by atoms with E-state index < -0.39 is 0 Å². The van der Waals surface area contributed by atoms with E-state index in [1.807, 2.05) is 25.1 Å². The molecule has 0 spiro atoms. The summed E-state index contributed by atoms with van der Waals surface area (Å²) in [6, 6.07) is 13.3. The molecule has 0 bridgehead atoms. The summed E-state index contributed by atoms with van der Waals surface area (Å²) >= 11 is 1.64. The smallest absolute Gasteiger partial charge is 0.105 e. The van der Waals surface area contributed by atoms with Gasteiger partial charge in [0.1, 0.15) is 5.82 Å². The molecule has 0 saturated carbocycles. The van der Waals surface area contributed by atoms with Crippen molar-refractivity contribution in [3.05, 3.63) is 52.5 Å². The number of tetrazole rings is 1. The number of para-hydroxylation sites is 1. The van der Waals surface area contributed by atoms with E-state index in [4.69, 9.17) is 0 Å². The van der Waals surface area contributed by atoms with Gasteiger partial charge in [-0.3, -0.25) is 4.98 Å². The molecule has 0 N–H and O–H groups in total. The first kappa shape index (κ1) is 16.9. The summed E-state index contributed by atoms with van der Waals surface area (Å²) in [4.78, 5) is 4.54. The van der Waals surface area contributed by atoms with Crippen molar-refractivity contribution in [3.63, 3.8) is 0 Å². The van der Waals surface area contributed by atoms with E-state index in [1.165, 1.54) is 0 Å². The second-order valence-electron chi connectivity index (χ2n) is 5.45. The van der Waals surface area contributed by atoms with Crippen molar-refractivity contribution in [1.82, 2.24) is 25.2 Å². The van der Waals surface area contributed by atoms with Crippen LogP contribution in [0, 0.1) is 26.8 Å². The molecule has 0 aliphatic rings. The molecular weight excluding hydrogens is 499 g/mol. The molecular formula is C17H14IrN5S-. The Morgan fingerprint density at radius 2 is 1.83 bits per heavy atom. The van der Waals surface area contributed by atoms with Crippen LogP contribution in [0.15, 0.2) is 30.3 Å². The van der Waals surface area contributed by atoms with Gasteiger partial charge in [-0.25, -0.2) is 4.68 Å². The van der Waals surface area contributed by atoms with Gasteiger partial charge in [0.2, 0.25) is 0 Å². The van der Waals surface area contributed by atoms with Crippen molar-refractivity contribution in [3.8, 4) is 17.1 Å². The van der Waals surface area contributed by atoms with Gasteiger partial charge in [0.25, 0.3) is 0 Å². The topological polar surface area (TPSA) is 56.5 Å². The fourth-order valence-electron chi connectivity index (χ4n) is 2.80. The van der Waals surface area contributed by atoms with Crippen LogP contribution >= 0.6 is 11.3 Å². The average molecular weight is 513 g/mol. The van der Waals surface area contributed by atoms with Crippen LogP contribution in [-0.4, -0.2) is 25.2 Å². The maximum Gasteiger partial charge on any atom is 0.105 e. The van der Waals surface area contributed by atoms with Gasteiger partial charge >= 0.3 is 0 Å². The molecule has 0 atom stereocenters. The Morgan fingerprint density at radius 1 is 1.08 bits per heavy atom. The Hall–Kier alpha value is -1.95. The zero-order valence-corrected chi connectivity index (χ0v) is 16.6. The molecule has 0 saturated heterocycles. The van der Waals surface area contributed by atoms with E-state index in [1.54, 1.807) is 16.0 Å². The Labute approximate surface area is 157 Å². The predicted molar refractivity (Wildman–Crippen MR) is 90.8 cm³/mol. The Kier molecular flexibility index (Phi) is 4.58. The molecule has 2 aromatic carbocycles. The van der Waals surface area contributed by atoms with Crippen LogP contribution in [0.5, 0.6) is 0 Å². The van der Waals surface area contributed by atoms with Crippen molar-refractivity contribution < 1.29 is 20.1 Å². The number of fused-ring (bicyclic) bond motifs is 1. The monoisotopic (exact) mass is 513 g/mol. The third-order valence-corrected chi connectivity index (χ3v) is 4.80. The molecule has 0 fully saturated rings. The summed E-state index contributed by atoms with van der Waals surface area (Å²) in [6.07, 6.45) is 0. The van der Waals surface area contributed by atoms with Crippen molar-refractivity contribution in [2.24, 2.45) is 0 Å². The first-order valence-electron chi connectivity index (χ1n) is 7.28. The second-order valence-corrected chi connectivity index (χ2v) is 6.66. The third-order valence-electron chi connectivity index (χ3n) is 3.80. The minimum atomic E-state index is 0. The fraction of sp³-hybridized carbons (Fsp3) is 0.176. The number of rotatable bonds is 2. The molecule has 7 heteroatoms. The zero-order valence-electron chi connectivity index (χ0n) is 13.4. The van der Waals surface area contributed by atoms with Gasteiger partial charge in [-0.2, -0.15) is 16.4 Å². The summed E-state index contributed by atoms with van der Waals surface area (Å²) in [7, 11) is 0. The van der Waals surface area contributed by atoms with E-state index in [-0.39, 0.29) is 20.1 Å². The molecule has 4 rings (SSSR count). The van der Waals surface area contributed by atoms with Crippen molar-refractivity contribution >= 4 is 21.6 Å². The summed E-state index contributed by atoms with van der Waals surface area (Å²) in [5.41, 5.74) is 5.12. The number of aromatic nitrogens is 5. The molecule has 0 aliphatic heterocycles. The second kappa shape index (κ2) is 6.51. The van der Waals surface area contributed by atoms with E-state index in [2.05, 4.69) is 52.6 Å². The molecule has 4 aromatic rings. The number of benzene rings is 2. The summed E-state index contributed by atoms with van der Waals surface area (Å²) in [6.45, 7) is 6.13. The van der Waals surface area contributed by atoms with Crippen LogP contribution < -0.4 is 0 Å². The Morgan fingerprint density at radius 3 is 2.58 bits per heavy atom. The summed E-state index contributed by atoms with van der Waals surface area (Å²) in [5, 5.41) is 13.4. The summed E-state index contributed by atoms with van der Waals surface area (Å²) in [5.74, 6) is 0.691. The molecule has 2 heterocycles. The first-order valence-corrected chi connectivity index (χ1v) is 8.10. The number of aryl methyl sites for hydroxylation is 3. The van der Waals surface area contributed by atoms with Gasteiger partial charge in [-0.05, 0) is 52.5 Å². The van der Waals surface area contributed by atoms with Gasteiger partial charge in [0, 0.05) is 20.1 Å². The maximum absolute atomic E-state index is 4.54.